The number of rotatable bonds is 15. The van der Waals surface area contributed by atoms with Crippen molar-refractivity contribution in [2.75, 3.05) is 31.1 Å². The summed E-state index contributed by atoms with van der Waals surface area (Å²) in [5, 5.41) is 0. The average Bonchev–Trinajstić information content (AvgIpc) is 3.21. The lowest BCUT2D eigenvalue weighted by Gasteiger charge is -2.46. The summed E-state index contributed by atoms with van der Waals surface area (Å²) >= 11 is 0. The number of anilines is 2. The predicted octanol–water partition coefficient (Wildman–Crippen LogP) is 7.86. The molecule has 3 amide bonds. The Labute approximate surface area is 313 Å². The summed E-state index contributed by atoms with van der Waals surface area (Å²) in [5.74, 6) is 1.58. The van der Waals surface area contributed by atoms with E-state index < -0.39 is 12.0 Å². The van der Waals surface area contributed by atoms with Crippen molar-refractivity contribution in [3.8, 4) is 11.5 Å². The van der Waals surface area contributed by atoms with E-state index in [1.807, 2.05) is 91.0 Å². The van der Waals surface area contributed by atoms with Crippen molar-refractivity contribution in [2.45, 2.75) is 77.4 Å². The molecule has 2 heterocycles. The quantitative estimate of drug-likeness (QED) is 0.116. The smallest absolute Gasteiger partial charge is 0.250 e. The van der Waals surface area contributed by atoms with E-state index in [1.165, 1.54) is 24.2 Å². The summed E-state index contributed by atoms with van der Waals surface area (Å²) in [6.45, 7) is 3.30. The van der Waals surface area contributed by atoms with Crippen LogP contribution in [0.15, 0.2) is 97.2 Å². The number of carbonyl (C=O) groups is 3. The number of para-hydroxylation sites is 1. The normalized spacial score (nSPS) is 17.8. The number of methoxy groups -OCH3 is 2. The minimum absolute atomic E-state index is 0.211. The van der Waals surface area contributed by atoms with Gasteiger partial charge >= 0.3 is 0 Å². The fourth-order valence-corrected chi connectivity index (χ4v) is 7.99. The van der Waals surface area contributed by atoms with Gasteiger partial charge in [0.15, 0.2) is 0 Å². The Balaban J connectivity index is 1.26. The molecule has 9 nitrogen and oxygen atoms in total. The van der Waals surface area contributed by atoms with Gasteiger partial charge in [0.05, 0.1) is 20.1 Å². The van der Waals surface area contributed by atoms with Crippen molar-refractivity contribution < 1.29 is 23.9 Å². The fraction of sp³-hybridized carbons (Fsp3) is 0.409. The molecule has 3 atom stereocenters. The van der Waals surface area contributed by atoms with E-state index in [1.54, 1.807) is 32.4 Å². The lowest BCUT2D eigenvalue weighted by molar-refractivity contribution is -0.171. The van der Waals surface area contributed by atoms with Crippen molar-refractivity contribution in [3.05, 3.63) is 114 Å². The van der Waals surface area contributed by atoms with Crippen LogP contribution < -0.4 is 19.3 Å². The zero-order valence-electron chi connectivity index (χ0n) is 31.4. The average molecular weight is 717 g/mol. The van der Waals surface area contributed by atoms with Crippen molar-refractivity contribution >= 4 is 29.2 Å². The number of hydrogen-bond donors (Lipinski definition) is 0. The second kappa shape index (κ2) is 17.6. The highest BCUT2D eigenvalue weighted by molar-refractivity contribution is 6.12. The molecule has 0 bridgehead atoms. The van der Waals surface area contributed by atoms with E-state index in [0.717, 1.165) is 59.0 Å². The van der Waals surface area contributed by atoms with Crippen molar-refractivity contribution in [1.82, 2.24) is 9.88 Å². The first-order valence-electron chi connectivity index (χ1n) is 18.9. The van der Waals surface area contributed by atoms with Crippen LogP contribution in [0.1, 0.15) is 68.6 Å². The molecule has 2 aliphatic rings. The van der Waals surface area contributed by atoms with Crippen molar-refractivity contribution in [1.29, 1.82) is 0 Å². The van der Waals surface area contributed by atoms with E-state index in [2.05, 4.69) is 11.8 Å². The van der Waals surface area contributed by atoms with Crippen LogP contribution in [0.4, 0.5) is 11.5 Å². The van der Waals surface area contributed by atoms with Crippen LogP contribution in [-0.4, -0.2) is 54.9 Å². The minimum atomic E-state index is -0.879. The number of pyridine rings is 1. The third-order valence-corrected chi connectivity index (χ3v) is 11.1. The van der Waals surface area contributed by atoms with Gasteiger partial charge in [-0.3, -0.25) is 19.3 Å². The van der Waals surface area contributed by atoms with Gasteiger partial charge < -0.3 is 19.3 Å². The number of β-lactam (4-membered cyclic amide) rings is 1. The predicted molar refractivity (Wildman–Crippen MR) is 208 cm³/mol. The topological polar surface area (TPSA) is 92.3 Å². The molecule has 9 heteroatoms. The van der Waals surface area contributed by atoms with Crippen LogP contribution in [0.2, 0.25) is 0 Å². The molecule has 2 fully saturated rings. The van der Waals surface area contributed by atoms with Crippen LogP contribution in [0.5, 0.6) is 11.5 Å². The maximum atomic E-state index is 14.3. The second-order valence-corrected chi connectivity index (χ2v) is 14.4. The Bertz CT molecular complexity index is 1780. The Kier molecular flexibility index (Phi) is 12.4. The van der Waals surface area contributed by atoms with E-state index in [0.29, 0.717) is 31.8 Å². The standard InChI is InChI=1S/C44H52N4O5/c1-5-34(35-12-8-6-9-13-35)28-41(49)48-42(44(51)46(2)36-14-10-7-11-15-36)39(43(48)50)26-33-24-25-45-40(27-33)47(29-31-16-20-37(52-3)21-17-31)30-32-18-22-38(53-4)23-19-32/h7,10-11,14-25,27,34-35,39,42H,5-6,8-9,12-13,26,28-30H2,1-4H3/t34-,39+,42-/m0/s1. The summed E-state index contributed by atoms with van der Waals surface area (Å²) in [4.78, 5) is 52.1. The van der Waals surface area contributed by atoms with Crippen LogP contribution in [-0.2, 0) is 33.9 Å². The molecule has 6 rings (SSSR count). The van der Waals surface area contributed by atoms with Crippen molar-refractivity contribution in [3.63, 3.8) is 0 Å². The van der Waals surface area contributed by atoms with Gasteiger partial charge in [0.1, 0.15) is 23.4 Å². The molecule has 1 aliphatic carbocycles. The first kappa shape index (κ1) is 37.6. The molecular formula is C44H52N4O5. The Morgan fingerprint density at radius 2 is 1.43 bits per heavy atom. The number of likely N-dealkylation sites (tertiary alicyclic amines) is 1. The zero-order valence-corrected chi connectivity index (χ0v) is 31.4. The summed E-state index contributed by atoms with van der Waals surface area (Å²) in [7, 11) is 5.02. The monoisotopic (exact) mass is 716 g/mol. The number of imide groups is 1. The van der Waals surface area contributed by atoms with Crippen LogP contribution >= 0.6 is 0 Å². The molecule has 0 unspecified atom stereocenters. The van der Waals surface area contributed by atoms with Crippen LogP contribution in [0.3, 0.4) is 0 Å². The number of carbonyl (C=O) groups excluding carboxylic acids is 3. The maximum absolute atomic E-state index is 14.3. The Morgan fingerprint density at radius 3 is 2.00 bits per heavy atom. The first-order chi connectivity index (χ1) is 25.8. The molecule has 0 radical (unpaired) electrons. The van der Waals surface area contributed by atoms with Gasteiger partial charge in [-0.25, -0.2) is 4.98 Å². The summed E-state index contributed by atoms with van der Waals surface area (Å²) in [5.41, 5.74) is 3.77. The molecule has 3 aromatic carbocycles. The highest BCUT2D eigenvalue weighted by Crippen LogP contribution is 2.38. The van der Waals surface area contributed by atoms with Gasteiger partial charge in [0, 0.05) is 38.4 Å². The van der Waals surface area contributed by atoms with Gasteiger partial charge in [-0.2, -0.15) is 0 Å². The molecule has 53 heavy (non-hydrogen) atoms. The van der Waals surface area contributed by atoms with E-state index in [4.69, 9.17) is 14.5 Å². The third-order valence-electron chi connectivity index (χ3n) is 11.1. The molecule has 278 valence electrons. The number of nitrogens with zero attached hydrogens (tertiary/aromatic N) is 4. The minimum Gasteiger partial charge on any atom is -0.497 e. The zero-order chi connectivity index (χ0) is 37.3. The first-order valence-corrected chi connectivity index (χ1v) is 18.9. The van der Waals surface area contributed by atoms with Gasteiger partial charge in [-0.15, -0.1) is 0 Å². The highest BCUT2D eigenvalue weighted by atomic mass is 16.5. The highest BCUT2D eigenvalue weighted by Gasteiger charge is 2.55. The van der Waals surface area contributed by atoms with E-state index >= 15 is 0 Å². The van der Waals surface area contributed by atoms with Gasteiger partial charge in [-0.1, -0.05) is 87.9 Å². The summed E-state index contributed by atoms with van der Waals surface area (Å²) in [6, 6.07) is 28.4. The maximum Gasteiger partial charge on any atom is 0.250 e. The number of ether oxygens (including phenoxy) is 2. The Morgan fingerprint density at radius 1 is 0.830 bits per heavy atom. The van der Waals surface area contributed by atoms with Gasteiger partial charge in [0.25, 0.3) is 5.91 Å². The lowest BCUT2D eigenvalue weighted by Crippen LogP contribution is -2.69. The van der Waals surface area contributed by atoms with Crippen LogP contribution in [0, 0.1) is 17.8 Å². The number of aromatic nitrogens is 1. The fourth-order valence-electron chi connectivity index (χ4n) is 7.99. The number of benzene rings is 3. The number of hydrogen-bond acceptors (Lipinski definition) is 7. The third kappa shape index (κ3) is 8.90. The Hall–Kier alpha value is -5.18. The number of likely N-dealkylation sites (N-methyl/N-ethyl adjacent to an activating group) is 1. The molecule has 1 saturated carbocycles. The van der Waals surface area contributed by atoms with E-state index in [9.17, 15) is 14.4 Å². The number of amides is 3. The molecule has 1 saturated heterocycles. The largest absolute Gasteiger partial charge is 0.497 e. The summed E-state index contributed by atoms with van der Waals surface area (Å²) < 4.78 is 10.8. The SMILES string of the molecule is CC[C@@H](CC(=O)N1C(=O)[C@H](Cc2ccnc(N(Cc3ccc(OC)cc3)Cc3ccc(OC)cc3)c2)[C@H]1C(=O)N(C)c1ccccc1)C1CCCCC1. The molecule has 1 aliphatic heterocycles. The summed E-state index contributed by atoms with van der Waals surface area (Å²) in [6.07, 6.45) is 9.12. The van der Waals surface area contributed by atoms with Crippen LogP contribution in [0.25, 0.3) is 0 Å². The van der Waals surface area contributed by atoms with Gasteiger partial charge in [0.2, 0.25) is 11.8 Å². The lowest BCUT2D eigenvalue weighted by atomic mass is 9.76. The molecular weight excluding hydrogens is 665 g/mol. The van der Waals surface area contributed by atoms with Gasteiger partial charge in [-0.05, 0) is 83.5 Å². The molecule has 0 N–H and O–H groups in total. The second-order valence-electron chi connectivity index (χ2n) is 14.4. The molecule has 0 spiro atoms. The molecule has 4 aromatic rings. The van der Waals surface area contributed by atoms with E-state index in [-0.39, 0.29) is 23.6 Å². The molecule has 1 aromatic heterocycles. The van der Waals surface area contributed by atoms with Crippen molar-refractivity contribution in [2.24, 2.45) is 17.8 Å².